The summed E-state index contributed by atoms with van der Waals surface area (Å²) in [5.41, 5.74) is 7.60. The van der Waals surface area contributed by atoms with Crippen molar-refractivity contribution in [2.45, 2.75) is 39.2 Å². The van der Waals surface area contributed by atoms with Crippen LogP contribution in [0.3, 0.4) is 0 Å². The van der Waals surface area contributed by atoms with Gasteiger partial charge in [-0.2, -0.15) is 0 Å². The van der Waals surface area contributed by atoms with Crippen molar-refractivity contribution < 1.29 is 27.8 Å². The highest BCUT2D eigenvalue weighted by Crippen LogP contribution is 2.61. The number of hydrogen-bond acceptors (Lipinski definition) is 6. The van der Waals surface area contributed by atoms with Crippen molar-refractivity contribution in [3.63, 3.8) is 0 Å². The Morgan fingerprint density at radius 3 is 2.57 bits per heavy atom. The second kappa shape index (κ2) is 9.82. The van der Waals surface area contributed by atoms with Crippen molar-refractivity contribution in [2.24, 2.45) is 11.8 Å². The molecule has 2 aromatic carbocycles. The van der Waals surface area contributed by atoms with E-state index in [9.17, 15) is 18.3 Å². The number of carbonyl (C=O) groups is 1. The Morgan fingerprint density at radius 1 is 1.11 bits per heavy atom. The lowest BCUT2D eigenvalue weighted by atomic mass is 9.94. The second-order valence-corrected chi connectivity index (χ2v) is 12.5. The van der Waals surface area contributed by atoms with Crippen LogP contribution in [0.4, 0.5) is 0 Å². The Bertz CT molecular complexity index is 1440. The number of fused-ring (bicyclic) bond motifs is 3. The monoisotopic (exact) mass is 521 g/mol. The first-order valence-corrected chi connectivity index (χ1v) is 14.5. The van der Waals surface area contributed by atoms with Gasteiger partial charge >= 0.3 is 5.97 Å². The highest BCUT2D eigenvalue weighted by atomic mass is 32.2. The second-order valence-electron chi connectivity index (χ2n) is 10.2. The molecule has 1 saturated carbocycles. The predicted molar refractivity (Wildman–Crippen MR) is 141 cm³/mol. The van der Waals surface area contributed by atoms with E-state index in [-0.39, 0.29) is 23.5 Å². The quantitative estimate of drug-likeness (QED) is 0.385. The number of sulfone groups is 1. The van der Waals surface area contributed by atoms with E-state index in [0.29, 0.717) is 25.5 Å². The van der Waals surface area contributed by atoms with Crippen molar-refractivity contribution in [3.05, 3.63) is 76.5 Å². The lowest BCUT2D eigenvalue weighted by Gasteiger charge is -2.15. The number of nitrogens with zero attached hydrogens (tertiary/aromatic N) is 1. The Labute approximate surface area is 217 Å². The summed E-state index contributed by atoms with van der Waals surface area (Å²) in [6.45, 7) is 4.83. The summed E-state index contributed by atoms with van der Waals surface area (Å²) in [5, 5.41) is 9.30. The molecular formula is C29H31NO6S. The van der Waals surface area contributed by atoms with Gasteiger partial charge in [-0.25, -0.2) is 13.4 Å². The minimum absolute atomic E-state index is 0.112. The Balaban J connectivity index is 1.23. The molecule has 0 aliphatic heterocycles. The normalized spacial score (nSPS) is 19.7. The Hall–Kier alpha value is -3.39. The number of benzene rings is 2. The lowest BCUT2D eigenvalue weighted by molar-refractivity contribution is -0.139. The molecule has 3 atom stereocenters. The van der Waals surface area contributed by atoms with Gasteiger partial charge < -0.3 is 14.6 Å². The first-order chi connectivity index (χ1) is 17.6. The van der Waals surface area contributed by atoms with E-state index in [2.05, 4.69) is 17.1 Å². The van der Waals surface area contributed by atoms with E-state index in [4.69, 9.17) is 9.47 Å². The van der Waals surface area contributed by atoms with E-state index < -0.39 is 15.8 Å². The van der Waals surface area contributed by atoms with E-state index >= 15 is 0 Å². The third-order valence-corrected chi connectivity index (χ3v) is 8.33. The minimum Gasteiger partial charge on any atom is -0.494 e. The predicted octanol–water partition coefficient (Wildman–Crippen LogP) is 4.73. The van der Waals surface area contributed by atoms with Crippen LogP contribution < -0.4 is 9.47 Å². The summed E-state index contributed by atoms with van der Waals surface area (Å²) in [6.07, 6.45) is 4.26. The molecule has 1 N–H and O–H groups in total. The maximum absolute atomic E-state index is 11.3. The fourth-order valence-corrected chi connectivity index (χ4v) is 6.27. The van der Waals surface area contributed by atoms with Crippen molar-refractivity contribution in [1.29, 1.82) is 0 Å². The van der Waals surface area contributed by atoms with Crippen LogP contribution in [-0.4, -0.2) is 43.1 Å². The first kappa shape index (κ1) is 25.3. The molecule has 0 radical (unpaired) electrons. The summed E-state index contributed by atoms with van der Waals surface area (Å²) in [7, 11) is -2.99. The smallest absolute Gasteiger partial charge is 0.307 e. The molecule has 2 aliphatic carbocycles. The average Bonchev–Trinajstić information content (AvgIpc) is 3.42. The van der Waals surface area contributed by atoms with E-state index in [1.165, 1.54) is 6.26 Å². The number of aliphatic carboxylic acids is 1. The standard InChI is InChI=1S/C29H31NO6S/c1-17-10-22(35-8-5-9-37(3,33)34)11-18(2)26(17)20-7-4-6-19(12-20)16-36-25-14-21-13-23-27(24(21)15-30-25)28(23)29(31)32/h4,6-7,10-12,14-15,23,27-28H,5,8-9,13,16H2,1-3H3,(H,31,32). The topological polar surface area (TPSA) is 103 Å². The average molecular weight is 522 g/mol. The Kier molecular flexibility index (Phi) is 6.70. The highest BCUT2D eigenvalue weighted by Gasteiger charge is 2.59. The molecule has 1 aromatic heterocycles. The van der Waals surface area contributed by atoms with Crippen LogP contribution in [0, 0.1) is 25.7 Å². The third-order valence-electron chi connectivity index (χ3n) is 7.30. The van der Waals surface area contributed by atoms with Gasteiger partial charge in [0.05, 0.1) is 18.3 Å². The molecule has 1 heterocycles. The molecule has 8 heteroatoms. The van der Waals surface area contributed by atoms with Crippen LogP contribution in [0.5, 0.6) is 11.6 Å². The van der Waals surface area contributed by atoms with Crippen molar-refractivity contribution in [1.82, 2.24) is 4.98 Å². The summed E-state index contributed by atoms with van der Waals surface area (Å²) < 4.78 is 34.4. The molecule has 0 bridgehead atoms. The van der Waals surface area contributed by atoms with Crippen LogP contribution >= 0.6 is 0 Å². The number of aryl methyl sites for hydroxylation is 2. The number of ether oxygens (including phenoxy) is 2. The van der Waals surface area contributed by atoms with Gasteiger partial charge in [0.15, 0.2) is 0 Å². The molecule has 3 unspecified atom stereocenters. The van der Waals surface area contributed by atoms with E-state index in [1.54, 1.807) is 6.20 Å². The van der Waals surface area contributed by atoms with E-state index in [0.717, 1.165) is 51.1 Å². The number of pyridine rings is 1. The molecule has 5 rings (SSSR count). The van der Waals surface area contributed by atoms with Crippen molar-refractivity contribution in [3.8, 4) is 22.8 Å². The zero-order valence-corrected chi connectivity index (χ0v) is 22.0. The third kappa shape index (κ3) is 5.49. The minimum atomic E-state index is -2.99. The summed E-state index contributed by atoms with van der Waals surface area (Å²) >= 11 is 0. The molecular weight excluding hydrogens is 490 g/mol. The molecule has 3 aromatic rings. The van der Waals surface area contributed by atoms with Gasteiger partial charge in [0.2, 0.25) is 5.88 Å². The number of aromatic nitrogens is 1. The summed E-state index contributed by atoms with van der Waals surface area (Å²) in [5.74, 6) is 0.766. The van der Waals surface area contributed by atoms with Gasteiger partial charge in [-0.15, -0.1) is 0 Å². The molecule has 7 nitrogen and oxygen atoms in total. The molecule has 0 spiro atoms. The van der Waals surface area contributed by atoms with Gasteiger partial charge in [0.1, 0.15) is 22.2 Å². The Morgan fingerprint density at radius 2 is 1.86 bits per heavy atom. The zero-order valence-electron chi connectivity index (χ0n) is 21.2. The molecule has 37 heavy (non-hydrogen) atoms. The van der Waals surface area contributed by atoms with Gasteiger partial charge in [-0.3, -0.25) is 4.79 Å². The fraction of sp³-hybridized carbons (Fsp3) is 0.379. The van der Waals surface area contributed by atoms with Crippen molar-refractivity contribution in [2.75, 3.05) is 18.6 Å². The van der Waals surface area contributed by atoms with Crippen LogP contribution in [0.1, 0.15) is 40.2 Å². The largest absolute Gasteiger partial charge is 0.494 e. The van der Waals surface area contributed by atoms with Gasteiger partial charge in [-0.05, 0) is 89.8 Å². The van der Waals surface area contributed by atoms with Crippen LogP contribution in [-0.2, 0) is 27.7 Å². The van der Waals surface area contributed by atoms with Gasteiger partial charge in [0, 0.05) is 24.4 Å². The van der Waals surface area contributed by atoms with Crippen LogP contribution in [0.2, 0.25) is 0 Å². The lowest BCUT2D eigenvalue weighted by Crippen LogP contribution is -2.08. The maximum atomic E-state index is 11.3. The fourth-order valence-electron chi connectivity index (χ4n) is 5.63. The highest BCUT2D eigenvalue weighted by molar-refractivity contribution is 7.90. The molecule has 194 valence electrons. The van der Waals surface area contributed by atoms with Crippen molar-refractivity contribution >= 4 is 15.8 Å². The zero-order chi connectivity index (χ0) is 26.3. The number of carboxylic acid groups (broad SMARTS) is 1. The summed E-state index contributed by atoms with van der Waals surface area (Å²) in [4.78, 5) is 15.7. The van der Waals surface area contributed by atoms with Crippen LogP contribution in [0.25, 0.3) is 11.1 Å². The van der Waals surface area contributed by atoms with E-state index in [1.807, 2.05) is 44.2 Å². The molecule has 1 fully saturated rings. The maximum Gasteiger partial charge on any atom is 0.307 e. The molecule has 0 saturated heterocycles. The van der Waals surface area contributed by atoms with Gasteiger partial charge in [-0.1, -0.05) is 18.2 Å². The molecule has 0 amide bonds. The van der Waals surface area contributed by atoms with Crippen LogP contribution in [0.15, 0.2) is 48.7 Å². The molecule has 2 aliphatic rings. The van der Waals surface area contributed by atoms with Gasteiger partial charge in [0.25, 0.3) is 0 Å². The summed E-state index contributed by atoms with van der Waals surface area (Å²) in [6, 6.07) is 14.1. The SMILES string of the molecule is Cc1cc(OCCCS(C)(=O)=O)cc(C)c1-c1cccc(COc2cc3c(cn2)C2C(C3)C2C(=O)O)c1. The number of rotatable bonds is 10. The number of hydrogen-bond donors (Lipinski definition) is 1. The number of carboxylic acids is 1. The first-order valence-electron chi connectivity index (χ1n) is 12.5.